The molecule has 432 valence electrons. The zero-order valence-corrected chi connectivity index (χ0v) is 49.8. The molecule has 0 spiro atoms. The number of hydrogen-bond acceptors (Lipinski definition) is 18. The molecule has 21 atom stereocenters. The third kappa shape index (κ3) is 17.2. The standard InChI is InChI=1S/C52H96N2O18Si3/c1-33-50-34(2)69-74(10,29-39-27-61-39)72-75(70-50,30-40-28-62-40)71-73(9,68-33)20-19-42(55)41-15-11-35(21-43(41)56)25-64-52(60)38-14-18-48(66-32-54(6,7)8)49(24-38)67-47-16-12-36(22-44(47)57)26-63-51(59)37-13-17-46(45(58)23-37)65-31-53(3,4)5/h33-50,55-58H,11-32H2,1-10H3/q+2. The van der Waals surface area contributed by atoms with Gasteiger partial charge in [0.1, 0.15) is 0 Å². The number of hydrogen-bond donors (Lipinski definition) is 4. The van der Waals surface area contributed by atoms with Crippen LogP contribution in [0.5, 0.6) is 0 Å². The van der Waals surface area contributed by atoms with E-state index in [-0.39, 0.29) is 91.6 Å². The van der Waals surface area contributed by atoms with Crippen LogP contribution in [0.2, 0.25) is 31.2 Å². The van der Waals surface area contributed by atoms with E-state index < -0.39 is 68.5 Å². The Morgan fingerprint density at radius 1 is 0.600 bits per heavy atom. The predicted molar refractivity (Wildman–Crippen MR) is 279 cm³/mol. The van der Waals surface area contributed by atoms with Crippen LogP contribution in [-0.2, 0) is 64.3 Å². The van der Waals surface area contributed by atoms with Gasteiger partial charge in [-0.05, 0) is 128 Å². The van der Waals surface area contributed by atoms with Gasteiger partial charge in [0.05, 0.1) is 160 Å². The Balaban J connectivity index is 0.784. The SMILES string of the molecule is CC1O[Si](C)(CCC(O)C2CCC(COC(=O)C3CCC(OC[N+](C)(C)C)C(OC4CCC(COC(=O)C5CCC(OC[N+](C)(C)C)C(O)C5)CC4O)C3)CC2O)O[Si]2(CC3CO3)OC1C(C)O[Si](C)(CC1CO1)O2. The first-order valence-corrected chi connectivity index (χ1v) is 35.4. The number of nitrogens with zero attached hydrogens (tertiary/aromatic N) is 2. The normalized spacial score (nSPS) is 43.9. The highest BCUT2D eigenvalue weighted by atomic mass is 28.5. The van der Waals surface area contributed by atoms with Crippen LogP contribution in [0.4, 0.5) is 0 Å². The fourth-order valence-corrected chi connectivity index (χ4v) is 26.1. The highest BCUT2D eigenvalue weighted by molar-refractivity contribution is 6.84. The summed E-state index contributed by atoms with van der Waals surface area (Å²) in [6, 6.07) is 1.73. The van der Waals surface area contributed by atoms with Gasteiger partial charge in [0.25, 0.3) is 0 Å². The number of ether oxygens (including phenoxy) is 7. The van der Waals surface area contributed by atoms with Gasteiger partial charge in [-0.15, -0.1) is 0 Å². The largest absolute Gasteiger partial charge is 0.486 e. The molecule has 0 aromatic rings. The monoisotopic (exact) mass is 1120 g/mol. The number of rotatable bonds is 22. The van der Waals surface area contributed by atoms with Crippen LogP contribution in [0.15, 0.2) is 0 Å². The molecule has 4 aliphatic heterocycles. The van der Waals surface area contributed by atoms with E-state index in [1.807, 2.05) is 41.5 Å². The molecule has 0 amide bonds. The van der Waals surface area contributed by atoms with E-state index in [1.54, 1.807) is 0 Å². The molecule has 4 heterocycles. The van der Waals surface area contributed by atoms with Gasteiger partial charge in [-0.1, -0.05) is 0 Å². The lowest BCUT2D eigenvalue weighted by atomic mass is 9.77. The Kier molecular flexibility index (Phi) is 20.0. The first kappa shape index (κ1) is 60.1. The Labute approximate surface area is 449 Å². The second-order valence-electron chi connectivity index (χ2n) is 26.3. The number of epoxide rings is 2. The molecule has 4 aliphatic carbocycles. The molecule has 4 saturated carbocycles. The van der Waals surface area contributed by atoms with Gasteiger partial charge < -0.3 is 84.1 Å². The summed E-state index contributed by atoms with van der Waals surface area (Å²) in [7, 11) is 3.09. The van der Waals surface area contributed by atoms with Crippen molar-refractivity contribution in [2.45, 2.75) is 208 Å². The average Bonchev–Trinajstić information content (AvgIpc) is 4.28. The lowest BCUT2D eigenvalue weighted by Gasteiger charge is -2.41. The highest BCUT2D eigenvalue weighted by Crippen LogP contribution is 2.44. The van der Waals surface area contributed by atoms with Gasteiger partial charge in [-0.25, -0.2) is 0 Å². The Bertz CT molecular complexity index is 1880. The summed E-state index contributed by atoms with van der Waals surface area (Å²) < 4.78 is 77.8. The van der Waals surface area contributed by atoms with Gasteiger partial charge in [-0.2, -0.15) is 0 Å². The number of fused-ring (bicyclic) bond motifs is 2. The summed E-state index contributed by atoms with van der Waals surface area (Å²) in [6.07, 6.45) is 1.54. The van der Waals surface area contributed by atoms with Crippen molar-refractivity contribution in [1.29, 1.82) is 0 Å². The van der Waals surface area contributed by atoms with E-state index in [0.29, 0.717) is 137 Å². The Morgan fingerprint density at radius 2 is 1.11 bits per heavy atom. The molecule has 4 N–H and O–H groups in total. The molecule has 75 heavy (non-hydrogen) atoms. The van der Waals surface area contributed by atoms with Crippen LogP contribution < -0.4 is 0 Å². The van der Waals surface area contributed by atoms with Gasteiger partial charge in [-0.3, -0.25) is 9.59 Å². The third-order valence-corrected chi connectivity index (χ3v) is 28.4. The van der Waals surface area contributed by atoms with E-state index in [0.717, 1.165) is 0 Å². The number of quaternary nitrogens is 2. The summed E-state index contributed by atoms with van der Waals surface area (Å²) in [5.74, 6) is -1.82. The Morgan fingerprint density at radius 3 is 1.68 bits per heavy atom. The van der Waals surface area contributed by atoms with Gasteiger partial charge in [0.2, 0.25) is 0 Å². The number of carbonyl (C=O) groups excluding carboxylic acids is 2. The molecular formula is C52H96N2O18Si3+2. The molecule has 8 aliphatic rings. The molecule has 20 nitrogen and oxygen atoms in total. The summed E-state index contributed by atoms with van der Waals surface area (Å²) in [4.78, 5) is 26.9. The smallest absolute Gasteiger partial charge is 0.465 e. The topological polar surface area (TPSA) is 232 Å². The van der Waals surface area contributed by atoms with E-state index in [9.17, 15) is 30.0 Å². The third-order valence-electron chi connectivity index (χ3n) is 16.7. The lowest BCUT2D eigenvalue weighted by Crippen LogP contribution is -2.60. The first-order valence-electron chi connectivity index (χ1n) is 28.5. The first-order chi connectivity index (χ1) is 35.2. The second-order valence-corrected chi connectivity index (χ2v) is 35.8. The molecule has 4 saturated heterocycles. The van der Waals surface area contributed by atoms with Crippen LogP contribution in [0, 0.1) is 29.6 Å². The van der Waals surface area contributed by atoms with Crippen LogP contribution in [0.3, 0.4) is 0 Å². The van der Waals surface area contributed by atoms with Crippen molar-refractivity contribution < 1.29 is 93.6 Å². The highest BCUT2D eigenvalue weighted by Gasteiger charge is 2.64. The maximum absolute atomic E-state index is 13.8. The summed E-state index contributed by atoms with van der Waals surface area (Å²) in [5.41, 5.74) is 0. The summed E-state index contributed by atoms with van der Waals surface area (Å²) in [5, 5.41) is 45.3. The number of esters is 2. The van der Waals surface area contributed by atoms with Crippen LogP contribution in [-0.4, -0.2) is 229 Å². The van der Waals surface area contributed by atoms with Crippen molar-refractivity contribution >= 4 is 37.9 Å². The van der Waals surface area contributed by atoms with Crippen molar-refractivity contribution in [2.24, 2.45) is 29.6 Å². The zero-order chi connectivity index (χ0) is 54.1. The molecule has 8 fully saturated rings. The van der Waals surface area contributed by atoms with Crippen LogP contribution in [0.1, 0.15) is 97.3 Å². The zero-order valence-electron chi connectivity index (χ0n) is 46.8. The average molecular weight is 1120 g/mol. The second kappa shape index (κ2) is 25.0. The van der Waals surface area contributed by atoms with Crippen molar-refractivity contribution in [3.63, 3.8) is 0 Å². The molecule has 2 bridgehead atoms. The maximum Gasteiger partial charge on any atom is 0.486 e. The molecule has 23 heteroatoms. The summed E-state index contributed by atoms with van der Waals surface area (Å²) >= 11 is 0. The van der Waals surface area contributed by atoms with Crippen molar-refractivity contribution in [3.05, 3.63) is 0 Å². The Hall–Kier alpha value is -1.05. The predicted octanol–water partition coefficient (Wildman–Crippen LogP) is 3.71. The summed E-state index contributed by atoms with van der Waals surface area (Å²) in [6.45, 7) is 10.8. The minimum atomic E-state index is -3.37. The van der Waals surface area contributed by atoms with E-state index in [2.05, 4.69) is 27.7 Å². The maximum atomic E-state index is 13.8. The van der Waals surface area contributed by atoms with Crippen LogP contribution in [0.25, 0.3) is 0 Å². The van der Waals surface area contributed by atoms with Gasteiger partial charge in [0, 0.05) is 18.0 Å². The van der Waals surface area contributed by atoms with Crippen molar-refractivity contribution in [3.8, 4) is 0 Å². The van der Waals surface area contributed by atoms with E-state index in [4.69, 9.17) is 54.7 Å². The van der Waals surface area contributed by atoms with E-state index >= 15 is 0 Å². The number of carbonyl (C=O) groups is 2. The molecule has 0 aromatic heterocycles. The minimum Gasteiger partial charge on any atom is -0.465 e. The van der Waals surface area contributed by atoms with Crippen molar-refractivity contribution in [1.82, 2.24) is 0 Å². The molecular weight excluding hydrogens is 1020 g/mol. The molecule has 0 aromatic carbocycles. The van der Waals surface area contributed by atoms with Crippen molar-refractivity contribution in [2.75, 3.05) is 82.2 Å². The lowest BCUT2D eigenvalue weighted by molar-refractivity contribution is -0.891. The van der Waals surface area contributed by atoms with Crippen LogP contribution >= 0.6 is 0 Å². The fourth-order valence-electron chi connectivity index (χ4n) is 12.5. The van der Waals surface area contributed by atoms with Gasteiger partial charge in [0.15, 0.2) is 13.5 Å². The number of aliphatic hydroxyl groups excluding tert-OH is 4. The van der Waals surface area contributed by atoms with Gasteiger partial charge >= 0.3 is 37.9 Å². The fraction of sp³-hybridized carbons (Fsp3) is 0.962. The minimum absolute atomic E-state index is 0.00376. The molecule has 0 radical (unpaired) electrons. The number of aliphatic hydroxyl groups is 4. The molecule has 8 rings (SSSR count). The quantitative estimate of drug-likeness (QED) is 0.0398. The molecule has 21 unspecified atom stereocenters. The van der Waals surface area contributed by atoms with E-state index in [1.165, 1.54) is 0 Å².